The average Bonchev–Trinajstić information content (AvgIpc) is 2.72. The van der Waals surface area contributed by atoms with E-state index in [4.69, 9.17) is 10.00 Å². The molecule has 0 radical (unpaired) electrons. The van der Waals surface area contributed by atoms with Gasteiger partial charge in [-0.3, -0.25) is 14.4 Å². The Morgan fingerprint density at radius 2 is 1.71 bits per heavy atom. The number of hydrogen-bond donors (Lipinski definition) is 1. The molecule has 0 unspecified atom stereocenters. The van der Waals surface area contributed by atoms with E-state index in [0.29, 0.717) is 16.8 Å². The molecule has 0 bridgehead atoms. The van der Waals surface area contributed by atoms with Crippen molar-refractivity contribution in [2.75, 3.05) is 11.6 Å². The number of anilines is 1. The first-order valence-electron chi connectivity index (χ1n) is 8.60. The highest BCUT2D eigenvalue weighted by molar-refractivity contribution is 7.98. The van der Waals surface area contributed by atoms with E-state index in [1.165, 1.54) is 6.92 Å². The fourth-order valence-corrected chi connectivity index (χ4v) is 2.73. The number of nitrogens with one attached hydrogen (secondary N) is 1. The van der Waals surface area contributed by atoms with Crippen LogP contribution < -0.4 is 5.32 Å². The van der Waals surface area contributed by atoms with E-state index in [1.807, 2.05) is 24.5 Å². The first kappa shape index (κ1) is 21.2. The van der Waals surface area contributed by atoms with Crippen LogP contribution in [0.2, 0.25) is 0 Å². The summed E-state index contributed by atoms with van der Waals surface area (Å²) in [6.07, 6.45) is 0.865. The van der Waals surface area contributed by atoms with Crippen LogP contribution in [0.3, 0.4) is 0 Å². The summed E-state index contributed by atoms with van der Waals surface area (Å²) in [6.45, 7) is 1.46. The van der Waals surface area contributed by atoms with E-state index in [0.717, 1.165) is 4.90 Å². The van der Waals surface area contributed by atoms with E-state index in [1.54, 1.807) is 48.2 Å². The van der Waals surface area contributed by atoms with Crippen LogP contribution in [-0.2, 0) is 14.3 Å². The van der Waals surface area contributed by atoms with Gasteiger partial charge in [0.2, 0.25) is 0 Å². The second-order valence-electron chi connectivity index (χ2n) is 5.96. The number of benzene rings is 2. The van der Waals surface area contributed by atoms with Crippen LogP contribution in [0.5, 0.6) is 0 Å². The molecule has 0 aliphatic rings. The zero-order valence-corrected chi connectivity index (χ0v) is 16.4. The minimum Gasteiger partial charge on any atom is -0.453 e. The molecule has 2 rings (SSSR count). The largest absolute Gasteiger partial charge is 0.453 e. The van der Waals surface area contributed by atoms with Crippen molar-refractivity contribution in [3.63, 3.8) is 0 Å². The number of ketones is 1. The van der Waals surface area contributed by atoms with Crippen molar-refractivity contribution in [3.05, 3.63) is 59.7 Å². The lowest BCUT2D eigenvalue weighted by atomic mass is 10.1. The third kappa shape index (κ3) is 6.25. The smallest absolute Gasteiger partial charge is 0.307 e. The van der Waals surface area contributed by atoms with Gasteiger partial charge in [0.15, 0.2) is 11.9 Å². The summed E-state index contributed by atoms with van der Waals surface area (Å²) in [6, 6.07) is 15.5. The highest BCUT2D eigenvalue weighted by atomic mass is 32.2. The normalized spacial score (nSPS) is 11.2. The maximum Gasteiger partial charge on any atom is 0.307 e. The van der Waals surface area contributed by atoms with Gasteiger partial charge >= 0.3 is 5.97 Å². The van der Waals surface area contributed by atoms with Gasteiger partial charge in [-0.25, -0.2) is 0 Å². The first-order valence-corrected chi connectivity index (χ1v) is 9.83. The SMILES string of the molecule is CSc1ccc(C(=O)CCC(=O)O[C@@H](C)C(=O)Nc2ccc(C#N)cc2)cc1. The second-order valence-corrected chi connectivity index (χ2v) is 6.84. The minimum absolute atomic E-state index is 0.0153. The number of nitriles is 1. The highest BCUT2D eigenvalue weighted by Gasteiger charge is 2.19. The van der Waals surface area contributed by atoms with Gasteiger partial charge in [-0.2, -0.15) is 5.26 Å². The van der Waals surface area contributed by atoms with Crippen molar-refractivity contribution in [1.82, 2.24) is 0 Å². The van der Waals surface area contributed by atoms with Gasteiger partial charge in [0.05, 0.1) is 18.1 Å². The van der Waals surface area contributed by atoms with Crippen molar-refractivity contribution < 1.29 is 19.1 Å². The molecule has 0 fully saturated rings. The number of rotatable bonds is 8. The predicted octanol–water partition coefficient (Wildman–Crippen LogP) is 3.81. The van der Waals surface area contributed by atoms with Gasteiger partial charge in [-0.15, -0.1) is 11.8 Å². The number of hydrogen-bond acceptors (Lipinski definition) is 6. The van der Waals surface area contributed by atoms with Crippen LogP contribution in [0.25, 0.3) is 0 Å². The standard InChI is InChI=1S/C21H20N2O4S/c1-14(21(26)23-17-7-3-15(13-22)4-8-17)27-20(25)12-11-19(24)16-5-9-18(28-2)10-6-16/h3-10,14H,11-12H2,1-2H3,(H,23,26)/t14-/m0/s1. The molecule has 1 amide bonds. The van der Waals surface area contributed by atoms with Crippen molar-refractivity contribution in [2.45, 2.75) is 30.8 Å². The molecule has 6 nitrogen and oxygen atoms in total. The number of nitrogens with zero attached hydrogens (tertiary/aromatic N) is 1. The van der Waals surface area contributed by atoms with Gasteiger partial charge in [-0.05, 0) is 49.6 Å². The molecule has 1 atom stereocenters. The van der Waals surface area contributed by atoms with Gasteiger partial charge in [0.1, 0.15) is 0 Å². The number of carbonyl (C=O) groups excluding carboxylic acids is 3. The Hall–Kier alpha value is -3.11. The van der Waals surface area contributed by atoms with E-state index in [2.05, 4.69) is 5.32 Å². The Kier molecular flexibility index (Phi) is 7.78. The summed E-state index contributed by atoms with van der Waals surface area (Å²) in [4.78, 5) is 37.2. The molecule has 0 saturated carbocycles. The van der Waals surface area contributed by atoms with Crippen LogP contribution in [0.15, 0.2) is 53.4 Å². The third-order valence-corrected chi connectivity index (χ3v) is 4.67. The van der Waals surface area contributed by atoms with E-state index < -0.39 is 18.0 Å². The zero-order chi connectivity index (χ0) is 20.5. The monoisotopic (exact) mass is 396 g/mol. The lowest BCUT2D eigenvalue weighted by Gasteiger charge is -2.13. The lowest BCUT2D eigenvalue weighted by molar-refractivity contribution is -0.153. The summed E-state index contributed by atoms with van der Waals surface area (Å²) in [5, 5.41) is 11.4. The molecule has 1 N–H and O–H groups in total. The van der Waals surface area contributed by atoms with Gasteiger partial charge in [0, 0.05) is 22.6 Å². The molecule has 0 spiro atoms. The molecule has 0 aliphatic carbocycles. The summed E-state index contributed by atoms with van der Waals surface area (Å²) in [5.74, 6) is -1.26. The van der Waals surface area contributed by atoms with Crippen molar-refractivity contribution >= 4 is 35.1 Å². The number of esters is 1. The molecule has 144 valence electrons. The molecule has 0 heterocycles. The number of amides is 1. The average molecular weight is 396 g/mol. The van der Waals surface area contributed by atoms with E-state index in [-0.39, 0.29) is 18.6 Å². The molecule has 2 aromatic rings. The van der Waals surface area contributed by atoms with Crippen molar-refractivity contribution in [1.29, 1.82) is 5.26 Å². The summed E-state index contributed by atoms with van der Waals surface area (Å²) in [5.41, 5.74) is 1.51. The Bertz CT molecular complexity index is 886. The van der Waals surface area contributed by atoms with Crippen molar-refractivity contribution in [2.24, 2.45) is 0 Å². The van der Waals surface area contributed by atoms with Crippen LogP contribution in [0, 0.1) is 11.3 Å². The lowest BCUT2D eigenvalue weighted by Crippen LogP contribution is -2.30. The second kappa shape index (κ2) is 10.3. The molecule has 28 heavy (non-hydrogen) atoms. The van der Waals surface area contributed by atoms with Gasteiger partial charge in [-0.1, -0.05) is 12.1 Å². The predicted molar refractivity (Wildman–Crippen MR) is 107 cm³/mol. The molecule has 7 heteroatoms. The van der Waals surface area contributed by atoms with Crippen LogP contribution in [0.1, 0.15) is 35.7 Å². The summed E-state index contributed by atoms with van der Waals surface area (Å²) in [7, 11) is 0. The topological polar surface area (TPSA) is 96.3 Å². The Balaban J connectivity index is 1.79. The van der Waals surface area contributed by atoms with E-state index in [9.17, 15) is 14.4 Å². The number of Topliss-reactive ketones (excluding diaryl/α,β-unsaturated/α-hetero) is 1. The number of thioether (sulfide) groups is 1. The first-order chi connectivity index (χ1) is 13.4. The Morgan fingerprint density at radius 1 is 1.07 bits per heavy atom. The molecule has 0 aliphatic heterocycles. The number of carbonyl (C=O) groups is 3. The Labute approximate surface area is 167 Å². The number of ether oxygens (including phenoxy) is 1. The molecule has 0 aromatic heterocycles. The van der Waals surface area contributed by atoms with Gasteiger partial charge < -0.3 is 10.1 Å². The van der Waals surface area contributed by atoms with E-state index >= 15 is 0 Å². The maximum absolute atomic E-state index is 12.1. The van der Waals surface area contributed by atoms with Crippen molar-refractivity contribution in [3.8, 4) is 6.07 Å². The van der Waals surface area contributed by atoms with Crippen LogP contribution in [0.4, 0.5) is 5.69 Å². The Morgan fingerprint density at radius 3 is 2.29 bits per heavy atom. The summed E-state index contributed by atoms with van der Waals surface area (Å²) < 4.78 is 5.09. The quantitative estimate of drug-likeness (QED) is 0.414. The fourth-order valence-electron chi connectivity index (χ4n) is 2.32. The zero-order valence-electron chi connectivity index (χ0n) is 15.6. The maximum atomic E-state index is 12.1. The van der Waals surface area contributed by atoms with Crippen LogP contribution >= 0.6 is 11.8 Å². The molecule has 0 saturated heterocycles. The molecular weight excluding hydrogens is 376 g/mol. The third-order valence-electron chi connectivity index (χ3n) is 3.93. The molecular formula is C21H20N2O4S. The fraction of sp³-hybridized carbons (Fsp3) is 0.238. The molecule has 2 aromatic carbocycles. The minimum atomic E-state index is -1.00. The van der Waals surface area contributed by atoms with Crippen LogP contribution in [-0.4, -0.2) is 30.0 Å². The summed E-state index contributed by atoms with van der Waals surface area (Å²) >= 11 is 1.58. The van der Waals surface area contributed by atoms with Gasteiger partial charge in [0.25, 0.3) is 5.91 Å². The highest BCUT2D eigenvalue weighted by Crippen LogP contribution is 2.16.